The minimum absolute atomic E-state index is 0.0683. The Hall–Kier alpha value is -2.43. The first-order valence-electron chi connectivity index (χ1n) is 6.66. The van der Waals surface area contributed by atoms with Crippen molar-refractivity contribution in [2.45, 2.75) is 13.0 Å². The van der Waals surface area contributed by atoms with Crippen LogP contribution in [0.2, 0.25) is 0 Å². The van der Waals surface area contributed by atoms with Gasteiger partial charge in [0.2, 0.25) is 0 Å². The number of nitrogens with one attached hydrogen (secondary N) is 1. The molecule has 1 aromatic heterocycles. The van der Waals surface area contributed by atoms with Gasteiger partial charge in [0.25, 0.3) is 0 Å². The molecule has 5 heteroatoms. The lowest BCUT2D eigenvalue weighted by molar-refractivity contribution is 0.623. The highest BCUT2D eigenvalue weighted by Crippen LogP contribution is 2.19. The topological polar surface area (TPSA) is 37.8 Å². The average Bonchev–Trinajstić information content (AvgIpc) is 2.47. The maximum absolute atomic E-state index is 13.2. The summed E-state index contributed by atoms with van der Waals surface area (Å²) in [6.07, 6.45) is 1.65. The van der Waals surface area contributed by atoms with Gasteiger partial charge in [-0.2, -0.15) is 0 Å². The SMILES string of the molecule is [B]c1ccc2nc(N[C@H](C)c3cccc(F)c3)cnc2c1. The number of hydrogen-bond donors (Lipinski definition) is 1. The molecule has 1 atom stereocenters. The Kier molecular flexibility index (Phi) is 3.56. The smallest absolute Gasteiger partial charge is 0.145 e. The summed E-state index contributed by atoms with van der Waals surface area (Å²) in [6.45, 7) is 1.95. The molecule has 0 bridgehead atoms. The first-order valence-corrected chi connectivity index (χ1v) is 6.66. The van der Waals surface area contributed by atoms with E-state index in [2.05, 4.69) is 15.3 Å². The number of nitrogens with zero attached hydrogens (tertiary/aromatic N) is 2. The number of hydrogen-bond acceptors (Lipinski definition) is 3. The molecule has 0 aliphatic heterocycles. The van der Waals surface area contributed by atoms with Crippen molar-refractivity contribution in [2.75, 3.05) is 5.32 Å². The highest BCUT2D eigenvalue weighted by molar-refractivity contribution is 6.33. The molecule has 3 nitrogen and oxygen atoms in total. The van der Waals surface area contributed by atoms with E-state index in [4.69, 9.17) is 7.85 Å². The van der Waals surface area contributed by atoms with Crippen LogP contribution >= 0.6 is 0 Å². The third-order valence-corrected chi connectivity index (χ3v) is 3.28. The van der Waals surface area contributed by atoms with Gasteiger partial charge in [0.1, 0.15) is 19.5 Å². The Balaban J connectivity index is 1.86. The fourth-order valence-electron chi connectivity index (χ4n) is 2.18. The third-order valence-electron chi connectivity index (χ3n) is 3.28. The lowest BCUT2D eigenvalue weighted by atomic mass is 9.96. The van der Waals surface area contributed by atoms with Gasteiger partial charge in [0.15, 0.2) is 0 Å². The van der Waals surface area contributed by atoms with Crippen molar-refractivity contribution in [3.63, 3.8) is 0 Å². The maximum Gasteiger partial charge on any atom is 0.145 e. The fraction of sp³-hybridized carbons (Fsp3) is 0.125. The lowest BCUT2D eigenvalue weighted by Crippen LogP contribution is -2.09. The molecule has 2 radical (unpaired) electrons. The monoisotopic (exact) mass is 277 g/mol. The highest BCUT2D eigenvalue weighted by atomic mass is 19.1. The van der Waals surface area contributed by atoms with Crippen LogP contribution in [0.1, 0.15) is 18.5 Å². The Labute approximate surface area is 123 Å². The Morgan fingerprint density at radius 2 is 2.00 bits per heavy atom. The predicted molar refractivity (Wildman–Crippen MR) is 83.4 cm³/mol. The normalized spacial score (nSPS) is 12.3. The molecule has 0 spiro atoms. The van der Waals surface area contributed by atoms with E-state index in [9.17, 15) is 4.39 Å². The summed E-state index contributed by atoms with van der Waals surface area (Å²) in [5, 5.41) is 3.22. The van der Waals surface area contributed by atoms with Crippen molar-refractivity contribution >= 4 is 30.2 Å². The van der Waals surface area contributed by atoms with Crippen LogP contribution < -0.4 is 10.8 Å². The van der Waals surface area contributed by atoms with Crippen LogP contribution in [0.5, 0.6) is 0 Å². The molecule has 102 valence electrons. The van der Waals surface area contributed by atoms with E-state index >= 15 is 0 Å². The zero-order valence-electron chi connectivity index (χ0n) is 11.5. The Morgan fingerprint density at radius 1 is 1.14 bits per heavy atom. The number of rotatable bonds is 3. The standard InChI is InChI=1S/C16H13BFN3/c1-10(11-3-2-4-13(18)7-11)20-16-9-19-15-8-12(17)5-6-14(15)21-16/h2-10H,1H3,(H,20,21)/t10-/m1/s1. The van der Waals surface area contributed by atoms with Gasteiger partial charge in [-0.15, -0.1) is 0 Å². The highest BCUT2D eigenvalue weighted by Gasteiger charge is 2.08. The van der Waals surface area contributed by atoms with Gasteiger partial charge in [-0.1, -0.05) is 23.7 Å². The van der Waals surface area contributed by atoms with Crippen LogP contribution in [0, 0.1) is 5.82 Å². The van der Waals surface area contributed by atoms with Gasteiger partial charge in [0, 0.05) is 0 Å². The van der Waals surface area contributed by atoms with E-state index in [0.717, 1.165) is 16.6 Å². The van der Waals surface area contributed by atoms with Gasteiger partial charge in [-0.25, -0.2) is 9.37 Å². The van der Waals surface area contributed by atoms with Crippen molar-refractivity contribution in [1.82, 2.24) is 9.97 Å². The van der Waals surface area contributed by atoms with Gasteiger partial charge < -0.3 is 5.32 Å². The molecule has 1 heterocycles. The summed E-state index contributed by atoms with van der Waals surface area (Å²) in [5.41, 5.74) is 3.03. The minimum atomic E-state index is -0.249. The van der Waals surface area contributed by atoms with Crippen LogP contribution in [0.4, 0.5) is 10.2 Å². The number of benzene rings is 2. The molecule has 0 aliphatic carbocycles. The quantitative estimate of drug-likeness (QED) is 0.748. The van der Waals surface area contributed by atoms with Crippen molar-refractivity contribution < 1.29 is 4.39 Å². The molecule has 2 aromatic carbocycles. The molecule has 0 fully saturated rings. The van der Waals surface area contributed by atoms with Crippen LogP contribution in [0.3, 0.4) is 0 Å². The number of halogens is 1. The lowest BCUT2D eigenvalue weighted by Gasteiger charge is -2.15. The predicted octanol–water partition coefficient (Wildman–Crippen LogP) is 2.74. The van der Waals surface area contributed by atoms with Crippen molar-refractivity contribution in [2.24, 2.45) is 0 Å². The summed E-state index contributed by atoms with van der Waals surface area (Å²) in [6, 6.07) is 11.8. The molecule has 3 aromatic rings. The van der Waals surface area contributed by atoms with Crippen molar-refractivity contribution in [1.29, 1.82) is 0 Å². The second-order valence-corrected chi connectivity index (χ2v) is 4.92. The molecular weight excluding hydrogens is 264 g/mol. The van der Waals surface area contributed by atoms with E-state index in [0.29, 0.717) is 11.3 Å². The van der Waals surface area contributed by atoms with Crippen LogP contribution in [-0.4, -0.2) is 17.8 Å². The maximum atomic E-state index is 13.2. The van der Waals surface area contributed by atoms with Crippen LogP contribution in [0.25, 0.3) is 11.0 Å². The van der Waals surface area contributed by atoms with E-state index < -0.39 is 0 Å². The van der Waals surface area contributed by atoms with Crippen LogP contribution in [-0.2, 0) is 0 Å². The van der Waals surface area contributed by atoms with Crippen molar-refractivity contribution in [3.05, 3.63) is 60.0 Å². The molecule has 3 rings (SSSR count). The molecule has 21 heavy (non-hydrogen) atoms. The van der Waals surface area contributed by atoms with E-state index in [-0.39, 0.29) is 11.9 Å². The summed E-state index contributed by atoms with van der Waals surface area (Å²) in [4.78, 5) is 8.81. The van der Waals surface area contributed by atoms with Gasteiger partial charge in [-0.05, 0) is 36.8 Å². The first kappa shape index (κ1) is 13.6. The Bertz CT molecular complexity index is 791. The molecule has 0 unspecified atom stereocenters. The first-order chi connectivity index (χ1) is 10.1. The van der Waals surface area contributed by atoms with Gasteiger partial charge in [-0.3, -0.25) is 4.98 Å². The minimum Gasteiger partial charge on any atom is -0.362 e. The van der Waals surface area contributed by atoms with E-state index in [1.54, 1.807) is 24.4 Å². The number of fused-ring (bicyclic) bond motifs is 1. The van der Waals surface area contributed by atoms with Crippen molar-refractivity contribution in [3.8, 4) is 0 Å². The molecule has 0 saturated carbocycles. The number of anilines is 1. The molecular formula is C16H13BFN3. The molecule has 0 saturated heterocycles. The summed E-state index contributed by atoms with van der Waals surface area (Å²) >= 11 is 0. The third kappa shape index (κ3) is 3.02. The summed E-state index contributed by atoms with van der Waals surface area (Å²) in [5.74, 6) is 0.394. The molecule has 0 amide bonds. The summed E-state index contributed by atoms with van der Waals surface area (Å²) < 4.78 is 13.2. The van der Waals surface area contributed by atoms with Crippen LogP contribution in [0.15, 0.2) is 48.7 Å². The second kappa shape index (κ2) is 5.52. The van der Waals surface area contributed by atoms with Gasteiger partial charge in [0.05, 0.1) is 23.3 Å². The zero-order valence-corrected chi connectivity index (χ0v) is 11.5. The largest absolute Gasteiger partial charge is 0.362 e. The second-order valence-electron chi connectivity index (χ2n) is 4.92. The fourth-order valence-corrected chi connectivity index (χ4v) is 2.18. The van der Waals surface area contributed by atoms with Gasteiger partial charge >= 0.3 is 0 Å². The zero-order chi connectivity index (χ0) is 14.8. The van der Waals surface area contributed by atoms with E-state index in [1.165, 1.54) is 12.1 Å². The number of aromatic nitrogens is 2. The average molecular weight is 277 g/mol. The van der Waals surface area contributed by atoms with E-state index in [1.807, 2.05) is 19.1 Å². The Morgan fingerprint density at radius 3 is 2.81 bits per heavy atom. The molecule has 0 aliphatic rings. The summed E-state index contributed by atoms with van der Waals surface area (Å²) in [7, 11) is 5.71. The molecule has 1 N–H and O–H groups in total.